The minimum atomic E-state index is 0.632. The van der Waals surface area contributed by atoms with E-state index in [9.17, 15) is 0 Å². The van der Waals surface area contributed by atoms with Crippen molar-refractivity contribution in [3.63, 3.8) is 0 Å². The van der Waals surface area contributed by atoms with Crippen molar-refractivity contribution in [3.8, 4) is 23.0 Å². The van der Waals surface area contributed by atoms with Crippen molar-refractivity contribution in [2.75, 3.05) is 14.2 Å². The van der Waals surface area contributed by atoms with E-state index in [1.54, 1.807) is 25.6 Å². The number of halogens is 1. The number of hydrogen-bond donors (Lipinski definition) is 0. The normalized spacial score (nSPS) is 13.7. The molecule has 0 unspecified atom stereocenters. The summed E-state index contributed by atoms with van der Waals surface area (Å²) in [5.74, 6) is 2.80. The Labute approximate surface area is 173 Å². The summed E-state index contributed by atoms with van der Waals surface area (Å²) in [6.07, 6.45) is 0. The van der Waals surface area contributed by atoms with E-state index in [1.165, 1.54) is 0 Å². The SMILES string of the molecule is COc1cc2c(cc1OC)Oc1cccc(Cl)c1CN(Cc1csc(C)n1)C2. The van der Waals surface area contributed by atoms with Gasteiger partial charge in [0.2, 0.25) is 0 Å². The van der Waals surface area contributed by atoms with E-state index in [0.29, 0.717) is 29.6 Å². The van der Waals surface area contributed by atoms with Crippen molar-refractivity contribution >= 4 is 22.9 Å². The predicted molar refractivity (Wildman–Crippen MR) is 111 cm³/mol. The molecule has 0 N–H and O–H groups in total. The summed E-state index contributed by atoms with van der Waals surface area (Å²) >= 11 is 8.17. The molecule has 146 valence electrons. The largest absolute Gasteiger partial charge is 0.493 e. The maximum absolute atomic E-state index is 6.51. The Balaban J connectivity index is 1.79. The van der Waals surface area contributed by atoms with E-state index < -0.39 is 0 Å². The van der Waals surface area contributed by atoms with Crippen LogP contribution in [0.15, 0.2) is 35.7 Å². The molecule has 2 heterocycles. The van der Waals surface area contributed by atoms with Crippen molar-refractivity contribution < 1.29 is 14.2 Å². The second-order valence-corrected chi connectivity index (χ2v) is 8.11. The zero-order valence-corrected chi connectivity index (χ0v) is 17.6. The third-order valence-electron chi connectivity index (χ3n) is 4.69. The summed E-state index contributed by atoms with van der Waals surface area (Å²) in [6, 6.07) is 9.58. The number of aryl methyl sites for hydroxylation is 1. The third-order valence-corrected chi connectivity index (χ3v) is 5.87. The summed E-state index contributed by atoms with van der Waals surface area (Å²) in [6.45, 7) is 4.09. The molecule has 0 saturated carbocycles. The van der Waals surface area contributed by atoms with Gasteiger partial charge in [0.1, 0.15) is 11.5 Å². The number of thiazole rings is 1. The van der Waals surface area contributed by atoms with Crippen LogP contribution in [-0.2, 0) is 19.6 Å². The molecule has 1 aliphatic heterocycles. The molecule has 1 aromatic heterocycles. The highest BCUT2D eigenvalue weighted by molar-refractivity contribution is 7.09. The first kappa shape index (κ1) is 19.1. The first-order chi connectivity index (χ1) is 13.6. The van der Waals surface area contributed by atoms with Gasteiger partial charge in [-0.05, 0) is 25.1 Å². The van der Waals surface area contributed by atoms with Crippen LogP contribution < -0.4 is 14.2 Å². The fourth-order valence-corrected chi connectivity index (χ4v) is 4.20. The molecule has 0 aliphatic carbocycles. The van der Waals surface area contributed by atoms with Gasteiger partial charge in [-0.3, -0.25) is 4.90 Å². The van der Waals surface area contributed by atoms with Crippen LogP contribution in [0.25, 0.3) is 0 Å². The summed E-state index contributed by atoms with van der Waals surface area (Å²) in [5, 5.41) is 3.87. The van der Waals surface area contributed by atoms with E-state index in [2.05, 4.69) is 15.3 Å². The fraction of sp³-hybridized carbons (Fsp3) is 0.286. The molecule has 2 aromatic carbocycles. The Morgan fingerprint density at radius 1 is 1.14 bits per heavy atom. The van der Waals surface area contributed by atoms with Crippen molar-refractivity contribution in [1.29, 1.82) is 0 Å². The molecular formula is C21H21ClN2O3S. The number of ether oxygens (including phenoxy) is 3. The molecule has 0 radical (unpaired) electrons. The van der Waals surface area contributed by atoms with Crippen LogP contribution in [0.5, 0.6) is 23.0 Å². The molecule has 0 amide bonds. The standard InChI is InChI=1S/C21H21ClN2O3S/c1-13-23-15(12-28-13)10-24-9-14-7-20(25-2)21(26-3)8-19(14)27-18-6-4-5-17(22)16(18)11-24/h4-8,12H,9-11H2,1-3H3. The number of aromatic nitrogens is 1. The van der Waals surface area contributed by atoms with Gasteiger partial charge in [-0.2, -0.15) is 0 Å². The number of methoxy groups -OCH3 is 2. The summed E-state index contributed by atoms with van der Waals surface area (Å²) < 4.78 is 17.2. The van der Waals surface area contributed by atoms with Crippen molar-refractivity contribution in [1.82, 2.24) is 9.88 Å². The minimum Gasteiger partial charge on any atom is -0.493 e. The molecule has 1 aliphatic rings. The Hall–Kier alpha value is -2.28. The lowest BCUT2D eigenvalue weighted by molar-refractivity contribution is 0.232. The number of nitrogens with zero attached hydrogens (tertiary/aromatic N) is 2. The molecule has 0 bridgehead atoms. The molecule has 0 fully saturated rings. The van der Waals surface area contributed by atoms with Crippen LogP contribution in [0.4, 0.5) is 0 Å². The number of hydrogen-bond acceptors (Lipinski definition) is 6. The molecule has 0 atom stereocenters. The highest BCUT2D eigenvalue weighted by atomic mass is 35.5. The van der Waals surface area contributed by atoms with E-state index in [-0.39, 0.29) is 0 Å². The molecule has 5 nitrogen and oxygen atoms in total. The molecule has 4 rings (SSSR count). The number of fused-ring (bicyclic) bond motifs is 2. The van der Waals surface area contributed by atoms with Gasteiger partial charge < -0.3 is 14.2 Å². The lowest BCUT2D eigenvalue weighted by Crippen LogP contribution is -2.24. The van der Waals surface area contributed by atoms with Gasteiger partial charge >= 0.3 is 0 Å². The van der Waals surface area contributed by atoms with Crippen molar-refractivity contribution in [3.05, 3.63) is 62.6 Å². The smallest absolute Gasteiger partial charge is 0.164 e. The van der Waals surface area contributed by atoms with Gasteiger partial charge in [-0.25, -0.2) is 4.98 Å². The Morgan fingerprint density at radius 2 is 1.93 bits per heavy atom. The predicted octanol–water partition coefficient (Wildman–Crippen LogP) is 5.43. The average molecular weight is 417 g/mol. The average Bonchev–Trinajstić information content (AvgIpc) is 3.08. The second kappa shape index (κ2) is 7.99. The van der Waals surface area contributed by atoms with E-state index >= 15 is 0 Å². The van der Waals surface area contributed by atoms with Crippen molar-refractivity contribution in [2.24, 2.45) is 0 Å². The van der Waals surface area contributed by atoms with Gasteiger partial charge in [0.05, 0.1) is 24.9 Å². The monoisotopic (exact) mass is 416 g/mol. The first-order valence-electron chi connectivity index (χ1n) is 8.91. The molecular weight excluding hydrogens is 396 g/mol. The third kappa shape index (κ3) is 3.81. The van der Waals surface area contributed by atoms with E-state index in [4.69, 9.17) is 25.8 Å². The number of rotatable bonds is 4. The molecule has 3 aromatic rings. The van der Waals surface area contributed by atoms with Crippen LogP contribution in [0, 0.1) is 6.92 Å². The van der Waals surface area contributed by atoms with Gasteiger partial charge in [-0.15, -0.1) is 11.3 Å². The topological polar surface area (TPSA) is 43.8 Å². The highest BCUT2D eigenvalue weighted by Gasteiger charge is 2.23. The fourth-order valence-electron chi connectivity index (χ4n) is 3.37. The van der Waals surface area contributed by atoms with Crippen molar-refractivity contribution in [2.45, 2.75) is 26.6 Å². The maximum Gasteiger partial charge on any atom is 0.164 e. The van der Waals surface area contributed by atoms with Gasteiger partial charge in [0.15, 0.2) is 11.5 Å². The Bertz CT molecular complexity index is 1010. The van der Waals surface area contributed by atoms with E-state index in [0.717, 1.165) is 39.9 Å². The van der Waals surface area contributed by atoms with Crippen LogP contribution in [0.2, 0.25) is 5.02 Å². The van der Waals surface area contributed by atoms with Gasteiger partial charge in [-0.1, -0.05) is 17.7 Å². The molecule has 0 saturated heterocycles. The Kier molecular flexibility index (Phi) is 5.44. The molecule has 0 spiro atoms. The summed E-state index contributed by atoms with van der Waals surface area (Å²) in [5.41, 5.74) is 3.05. The highest BCUT2D eigenvalue weighted by Crippen LogP contribution is 2.41. The second-order valence-electron chi connectivity index (χ2n) is 6.64. The quantitative estimate of drug-likeness (QED) is 0.567. The first-order valence-corrected chi connectivity index (χ1v) is 10.2. The van der Waals surface area contributed by atoms with Gasteiger partial charge in [0, 0.05) is 47.2 Å². The van der Waals surface area contributed by atoms with Gasteiger partial charge in [0.25, 0.3) is 0 Å². The van der Waals surface area contributed by atoms with E-state index in [1.807, 2.05) is 37.3 Å². The molecule has 7 heteroatoms. The van der Waals surface area contributed by atoms with Crippen LogP contribution in [0.1, 0.15) is 21.8 Å². The summed E-state index contributed by atoms with van der Waals surface area (Å²) in [4.78, 5) is 6.93. The molecule has 28 heavy (non-hydrogen) atoms. The Morgan fingerprint density at radius 3 is 2.64 bits per heavy atom. The van der Waals surface area contributed by atoms with Crippen LogP contribution >= 0.6 is 22.9 Å². The van der Waals surface area contributed by atoms with Crippen LogP contribution in [0.3, 0.4) is 0 Å². The lowest BCUT2D eigenvalue weighted by Gasteiger charge is -2.28. The minimum absolute atomic E-state index is 0.632. The maximum atomic E-state index is 6.51. The number of benzene rings is 2. The zero-order chi connectivity index (χ0) is 19.7. The zero-order valence-electron chi connectivity index (χ0n) is 16.0. The lowest BCUT2D eigenvalue weighted by atomic mass is 10.1. The van der Waals surface area contributed by atoms with Crippen LogP contribution in [-0.4, -0.2) is 24.1 Å². The summed E-state index contributed by atoms with van der Waals surface area (Å²) in [7, 11) is 3.26.